The van der Waals surface area contributed by atoms with Crippen molar-refractivity contribution in [1.82, 2.24) is 9.97 Å². The molecule has 0 unspecified atom stereocenters. The van der Waals surface area contributed by atoms with Gasteiger partial charge in [-0.25, -0.2) is 4.98 Å². The number of fused-ring (bicyclic) bond motifs is 1. The minimum atomic E-state index is 0.762. The van der Waals surface area contributed by atoms with Gasteiger partial charge in [0.2, 0.25) is 5.13 Å². The Labute approximate surface area is 143 Å². The molecule has 0 bridgehead atoms. The molecule has 2 heterocycles. The van der Waals surface area contributed by atoms with Crippen LogP contribution in [0.2, 0.25) is 0 Å². The molecular formula is C19H14N4S. The second-order valence-corrected chi connectivity index (χ2v) is 6.05. The summed E-state index contributed by atoms with van der Waals surface area (Å²) in [7, 11) is 0. The van der Waals surface area contributed by atoms with E-state index in [2.05, 4.69) is 20.5 Å². The molecule has 0 amide bonds. The van der Waals surface area contributed by atoms with E-state index in [-0.39, 0.29) is 0 Å². The van der Waals surface area contributed by atoms with Gasteiger partial charge in [-0.3, -0.25) is 10.4 Å². The SMILES string of the molecule is C(=NNc1nc(-c2ccccc2)cs1)c1cccc2cccnc12. The van der Waals surface area contributed by atoms with Crippen molar-refractivity contribution in [1.29, 1.82) is 0 Å². The molecule has 0 saturated carbocycles. The first-order valence-electron chi connectivity index (χ1n) is 7.54. The monoisotopic (exact) mass is 330 g/mol. The molecule has 0 radical (unpaired) electrons. The highest BCUT2D eigenvalue weighted by molar-refractivity contribution is 7.14. The number of hydrazone groups is 1. The van der Waals surface area contributed by atoms with Crippen molar-refractivity contribution in [2.75, 3.05) is 5.43 Å². The predicted octanol–water partition coefficient (Wildman–Crippen LogP) is 4.80. The van der Waals surface area contributed by atoms with Gasteiger partial charge in [0.05, 0.1) is 17.4 Å². The number of pyridine rings is 1. The summed E-state index contributed by atoms with van der Waals surface area (Å²) in [6, 6.07) is 20.1. The highest BCUT2D eigenvalue weighted by Gasteiger charge is 2.03. The van der Waals surface area contributed by atoms with Crippen LogP contribution in [0.1, 0.15) is 5.56 Å². The molecule has 0 aliphatic rings. The number of hydrogen-bond acceptors (Lipinski definition) is 5. The Kier molecular flexibility index (Phi) is 4.00. The van der Waals surface area contributed by atoms with E-state index in [0.717, 1.165) is 32.9 Å². The Morgan fingerprint density at radius 2 is 1.83 bits per heavy atom. The van der Waals surface area contributed by atoms with E-state index in [0.29, 0.717) is 0 Å². The Bertz CT molecular complexity index is 987. The molecule has 0 spiro atoms. The average Bonchev–Trinajstić information content (AvgIpc) is 3.12. The van der Waals surface area contributed by atoms with Crippen LogP contribution in [0.4, 0.5) is 5.13 Å². The number of hydrogen-bond donors (Lipinski definition) is 1. The first kappa shape index (κ1) is 14.5. The molecule has 0 aliphatic heterocycles. The van der Waals surface area contributed by atoms with Crippen molar-refractivity contribution in [2.45, 2.75) is 0 Å². The number of anilines is 1. The molecular weight excluding hydrogens is 316 g/mol. The summed E-state index contributed by atoms with van der Waals surface area (Å²) in [5.41, 5.74) is 6.96. The highest BCUT2D eigenvalue weighted by Crippen LogP contribution is 2.24. The average molecular weight is 330 g/mol. The second-order valence-electron chi connectivity index (χ2n) is 5.20. The number of rotatable bonds is 4. The van der Waals surface area contributed by atoms with Gasteiger partial charge < -0.3 is 0 Å². The van der Waals surface area contributed by atoms with Crippen LogP contribution in [0.5, 0.6) is 0 Å². The number of aromatic nitrogens is 2. The van der Waals surface area contributed by atoms with Gasteiger partial charge in [0.1, 0.15) is 0 Å². The minimum Gasteiger partial charge on any atom is -0.256 e. The molecule has 2 aromatic heterocycles. The molecule has 4 aromatic rings. The van der Waals surface area contributed by atoms with Crippen LogP contribution in [-0.4, -0.2) is 16.2 Å². The fraction of sp³-hybridized carbons (Fsp3) is 0. The number of nitrogens with zero attached hydrogens (tertiary/aromatic N) is 3. The molecule has 4 rings (SSSR count). The normalized spacial score (nSPS) is 11.2. The van der Waals surface area contributed by atoms with E-state index in [1.807, 2.05) is 66.0 Å². The minimum absolute atomic E-state index is 0.762. The van der Waals surface area contributed by atoms with Gasteiger partial charge in [0.15, 0.2) is 0 Å². The number of para-hydroxylation sites is 1. The fourth-order valence-electron chi connectivity index (χ4n) is 2.46. The maximum Gasteiger partial charge on any atom is 0.203 e. The molecule has 0 aliphatic carbocycles. The predicted molar refractivity (Wildman–Crippen MR) is 101 cm³/mol. The molecule has 24 heavy (non-hydrogen) atoms. The van der Waals surface area contributed by atoms with E-state index >= 15 is 0 Å². The van der Waals surface area contributed by atoms with Crippen molar-refractivity contribution in [3.05, 3.63) is 77.8 Å². The van der Waals surface area contributed by atoms with Crippen molar-refractivity contribution >= 4 is 33.6 Å². The standard InChI is InChI=1S/C19H14N4S/c1-2-6-14(7-3-1)17-13-24-19(22-17)23-21-12-16-9-4-8-15-10-5-11-20-18(15)16/h1-13H,(H,22,23). The van der Waals surface area contributed by atoms with Crippen LogP contribution in [0.25, 0.3) is 22.2 Å². The van der Waals surface area contributed by atoms with Crippen LogP contribution >= 0.6 is 11.3 Å². The summed E-state index contributed by atoms with van der Waals surface area (Å²) < 4.78 is 0. The maximum atomic E-state index is 4.55. The van der Waals surface area contributed by atoms with Crippen LogP contribution in [0, 0.1) is 0 Å². The van der Waals surface area contributed by atoms with E-state index in [1.165, 1.54) is 11.3 Å². The number of nitrogens with one attached hydrogen (secondary N) is 1. The third-order valence-corrected chi connectivity index (χ3v) is 4.35. The Morgan fingerprint density at radius 1 is 0.958 bits per heavy atom. The van der Waals surface area contributed by atoms with Gasteiger partial charge in [-0.2, -0.15) is 5.10 Å². The summed E-state index contributed by atoms with van der Waals surface area (Å²) in [6.45, 7) is 0. The zero-order chi connectivity index (χ0) is 16.2. The summed E-state index contributed by atoms with van der Waals surface area (Å²) in [5, 5.41) is 8.18. The fourth-order valence-corrected chi connectivity index (χ4v) is 3.12. The molecule has 0 fully saturated rings. The molecule has 116 valence electrons. The summed E-state index contributed by atoms with van der Waals surface area (Å²) in [5.74, 6) is 0. The molecule has 0 saturated heterocycles. The van der Waals surface area contributed by atoms with Gasteiger partial charge in [-0.05, 0) is 6.07 Å². The maximum absolute atomic E-state index is 4.55. The lowest BCUT2D eigenvalue weighted by atomic mass is 10.1. The van der Waals surface area contributed by atoms with Crippen LogP contribution in [0.15, 0.2) is 77.3 Å². The first-order chi connectivity index (χ1) is 11.9. The van der Waals surface area contributed by atoms with Gasteiger partial charge in [0, 0.05) is 28.1 Å². The third-order valence-electron chi connectivity index (χ3n) is 3.60. The topological polar surface area (TPSA) is 50.2 Å². The lowest BCUT2D eigenvalue weighted by Crippen LogP contribution is -1.92. The van der Waals surface area contributed by atoms with E-state index in [4.69, 9.17) is 0 Å². The molecule has 5 heteroatoms. The summed E-state index contributed by atoms with van der Waals surface area (Å²) in [4.78, 5) is 8.97. The zero-order valence-corrected chi connectivity index (χ0v) is 13.6. The molecule has 2 aromatic carbocycles. The van der Waals surface area contributed by atoms with E-state index in [1.54, 1.807) is 12.4 Å². The highest BCUT2D eigenvalue weighted by atomic mass is 32.1. The zero-order valence-electron chi connectivity index (χ0n) is 12.8. The van der Waals surface area contributed by atoms with Crippen molar-refractivity contribution in [2.24, 2.45) is 5.10 Å². The number of benzene rings is 2. The third kappa shape index (κ3) is 3.02. The van der Waals surface area contributed by atoms with Crippen LogP contribution in [0.3, 0.4) is 0 Å². The van der Waals surface area contributed by atoms with Gasteiger partial charge in [-0.15, -0.1) is 11.3 Å². The van der Waals surface area contributed by atoms with Crippen LogP contribution in [-0.2, 0) is 0 Å². The van der Waals surface area contributed by atoms with Crippen LogP contribution < -0.4 is 5.43 Å². The summed E-state index contributed by atoms with van der Waals surface area (Å²) in [6.07, 6.45) is 3.57. The lowest BCUT2D eigenvalue weighted by Gasteiger charge is -2.00. The molecule has 0 atom stereocenters. The number of thiazole rings is 1. The van der Waals surface area contributed by atoms with Gasteiger partial charge in [-0.1, -0.05) is 54.6 Å². The summed E-state index contributed by atoms with van der Waals surface area (Å²) >= 11 is 1.53. The Hall–Kier alpha value is -3.05. The molecule has 4 nitrogen and oxygen atoms in total. The quantitative estimate of drug-likeness (QED) is 0.432. The first-order valence-corrected chi connectivity index (χ1v) is 8.42. The largest absolute Gasteiger partial charge is 0.256 e. The Balaban J connectivity index is 1.52. The Morgan fingerprint density at radius 3 is 2.75 bits per heavy atom. The second kappa shape index (κ2) is 6.60. The van der Waals surface area contributed by atoms with Gasteiger partial charge >= 0.3 is 0 Å². The van der Waals surface area contributed by atoms with Crippen molar-refractivity contribution < 1.29 is 0 Å². The van der Waals surface area contributed by atoms with Crippen molar-refractivity contribution in [3.8, 4) is 11.3 Å². The molecule has 1 N–H and O–H groups in total. The smallest absolute Gasteiger partial charge is 0.203 e. The van der Waals surface area contributed by atoms with E-state index in [9.17, 15) is 0 Å². The lowest BCUT2D eigenvalue weighted by molar-refractivity contribution is 1.29. The van der Waals surface area contributed by atoms with E-state index < -0.39 is 0 Å². The van der Waals surface area contributed by atoms with Crippen molar-refractivity contribution in [3.63, 3.8) is 0 Å². The van der Waals surface area contributed by atoms with Gasteiger partial charge in [0.25, 0.3) is 0 Å².